The van der Waals surface area contributed by atoms with E-state index in [1.165, 1.54) is 0 Å². The summed E-state index contributed by atoms with van der Waals surface area (Å²) in [6, 6.07) is 0. The Morgan fingerprint density at radius 1 is 0.944 bits per heavy atom. The number of ether oxygens (including phenoxy) is 2. The molecule has 2 atom stereocenters. The molecule has 0 heterocycles. The van der Waals surface area contributed by atoms with Crippen LogP contribution in [0, 0.1) is 11.8 Å². The minimum absolute atomic E-state index is 0.278. The molecule has 0 aromatic rings. The predicted octanol–water partition coefficient (Wildman–Crippen LogP) is 2.48. The maximum atomic E-state index is 11.9. The Morgan fingerprint density at radius 2 is 1.33 bits per heavy atom. The smallest absolute Gasteiger partial charge is 0.310 e. The molecule has 18 heavy (non-hydrogen) atoms. The monoisotopic (exact) mass is 254 g/mol. The normalized spacial score (nSPS) is 22.6. The lowest BCUT2D eigenvalue weighted by Gasteiger charge is -2.25. The molecular formula is C14H22O4. The van der Waals surface area contributed by atoms with Crippen LogP contribution in [-0.4, -0.2) is 25.2 Å². The number of hydrogen-bond acceptors (Lipinski definition) is 4. The van der Waals surface area contributed by atoms with Gasteiger partial charge in [0, 0.05) is 0 Å². The fraction of sp³-hybridized carbons (Fsp3) is 0.714. The molecule has 4 nitrogen and oxygen atoms in total. The van der Waals surface area contributed by atoms with Crippen molar-refractivity contribution in [1.29, 1.82) is 0 Å². The van der Waals surface area contributed by atoms with Crippen LogP contribution in [0.4, 0.5) is 0 Å². The van der Waals surface area contributed by atoms with Crippen LogP contribution in [-0.2, 0) is 19.1 Å². The first-order valence-corrected chi connectivity index (χ1v) is 6.69. The molecule has 0 amide bonds. The van der Waals surface area contributed by atoms with E-state index in [1.54, 1.807) is 0 Å². The van der Waals surface area contributed by atoms with Gasteiger partial charge in [-0.3, -0.25) is 9.59 Å². The average Bonchev–Trinajstić information content (AvgIpc) is 2.42. The van der Waals surface area contributed by atoms with E-state index in [1.807, 2.05) is 26.0 Å². The number of allylic oxidation sites excluding steroid dienone is 2. The van der Waals surface area contributed by atoms with Gasteiger partial charge in [0.25, 0.3) is 0 Å². The Hall–Kier alpha value is -1.32. The summed E-state index contributed by atoms with van der Waals surface area (Å²) in [6.45, 7) is 4.72. The number of rotatable bonds is 6. The maximum absolute atomic E-state index is 11.9. The first-order valence-electron chi connectivity index (χ1n) is 6.69. The molecule has 0 saturated carbocycles. The molecule has 0 spiro atoms. The zero-order chi connectivity index (χ0) is 13.4. The molecule has 0 N–H and O–H groups in total. The topological polar surface area (TPSA) is 52.6 Å². The highest BCUT2D eigenvalue weighted by atomic mass is 16.5. The molecule has 0 aliphatic heterocycles. The molecule has 0 aromatic heterocycles. The Bertz CT molecular complexity index is 279. The van der Waals surface area contributed by atoms with Crippen LogP contribution in [0.1, 0.15) is 39.5 Å². The highest BCUT2D eigenvalue weighted by Gasteiger charge is 2.36. The minimum atomic E-state index is -0.383. The van der Waals surface area contributed by atoms with E-state index in [2.05, 4.69) is 0 Å². The molecule has 0 saturated heterocycles. The third-order valence-electron chi connectivity index (χ3n) is 2.93. The van der Waals surface area contributed by atoms with Crippen molar-refractivity contribution in [3.8, 4) is 0 Å². The molecule has 0 fully saturated rings. The van der Waals surface area contributed by atoms with E-state index in [0.717, 1.165) is 12.8 Å². The standard InChI is InChI=1S/C14H22O4/c1-3-9-17-13(15)11-7-5-6-8-12(11)14(16)18-10-4-2/h5-6,11-12H,3-4,7-10H2,1-2H3. The van der Waals surface area contributed by atoms with Crippen molar-refractivity contribution in [3.63, 3.8) is 0 Å². The van der Waals surface area contributed by atoms with E-state index in [0.29, 0.717) is 26.1 Å². The maximum Gasteiger partial charge on any atom is 0.310 e. The van der Waals surface area contributed by atoms with Gasteiger partial charge in [0.15, 0.2) is 0 Å². The van der Waals surface area contributed by atoms with Crippen molar-refractivity contribution in [2.24, 2.45) is 11.8 Å². The Labute approximate surface area is 108 Å². The first kappa shape index (κ1) is 14.7. The van der Waals surface area contributed by atoms with Gasteiger partial charge in [-0.25, -0.2) is 0 Å². The molecule has 0 aromatic carbocycles. The second-order valence-corrected chi connectivity index (χ2v) is 4.49. The quantitative estimate of drug-likeness (QED) is 0.539. The molecule has 2 unspecified atom stereocenters. The van der Waals surface area contributed by atoms with Crippen LogP contribution in [0.3, 0.4) is 0 Å². The van der Waals surface area contributed by atoms with Gasteiger partial charge in [-0.05, 0) is 25.7 Å². The molecule has 102 valence electrons. The van der Waals surface area contributed by atoms with Gasteiger partial charge in [0.2, 0.25) is 0 Å². The van der Waals surface area contributed by atoms with Crippen molar-refractivity contribution in [1.82, 2.24) is 0 Å². The number of carbonyl (C=O) groups is 2. The molecule has 1 aliphatic carbocycles. The average molecular weight is 254 g/mol. The van der Waals surface area contributed by atoms with E-state index < -0.39 is 0 Å². The SMILES string of the molecule is CCCOC(=O)C1CC=CCC1C(=O)OCCC. The van der Waals surface area contributed by atoms with Crippen LogP contribution < -0.4 is 0 Å². The molecule has 4 heteroatoms. The van der Waals surface area contributed by atoms with Gasteiger partial charge in [0.1, 0.15) is 0 Å². The summed E-state index contributed by atoms with van der Waals surface area (Å²) >= 11 is 0. The van der Waals surface area contributed by atoms with Crippen molar-refractivity contribution in [3.05, 3.63) is 12.2 Å². The fourth-order valence-electron chi connectivity index (χ4n) is 1.95. The zero-order valence-electron chi connectivity index (χ0n) is 11.2. The van der Waals surface area contributed by atoms with Crippen LogP contribution in [0.2, 0.25) is 0 Å². The van der Waals surface area contributed by atoms with Crippen LogP contribution in [0.25, 0.3) is 0 Å². The van der Waals surface area contributed by atoms with Crippen molar-refractivity contribution in [2.45, 2.75) is 39.5 Å². The minimum Gasteiger partial charge on any atom is -0.465 e. The van der Waals surface area contributed by atoms with Gasteiger partial charge < -0.3 is 9.47 Å². The summed E-state index contributed by atoms with van der Waals surface area (Å²) in [5, 5.41) is 0. The van der Waals surface area contributed by atoms with Crippen molar-refractivity contribution in [2.75, 3.05) is 13.2 Å². The summed E-state index contributed by atoms with van der Waals surface area (Å²) in [5.41, 5.74) is 0. The summed E-state index contributed by atoms with van der Waals surface area (Å²) in [7, 11) is 0. The first-order chi connectivity index (χ1) is 8.70. The van der Waals surface area contributed by atoms with E-state index >= 15 is 0 Å². The van der Waals surface area contributed by atoms with Gasteiger partial charge in [0.05, 0.1) is 25.0 Å². The number of hydrogen-bond donors (Lipinski definition) is 0. The third-order valence-corrected chi connectivity index (χ3v) is 2.93. The fourth-order valence-corrected chi connectivity index (χ4v) is 1.95. The van der Waals surface area contributed by atoms with E-state index in [9.17, 15) is 9.59 Å². The van der Waals surface area contributed by atoms with Gasteiger partial charge >= 0.3 is 11.9 Å². The number of carbonyl (C=O) groups excluding carboxylic acids is 2. The third kappa shape index (κ3) is 4.17. The summed E-state index contributed by atoms with van der Waals surface area (Å²) < 4.78 is 10.3. The summed E-state index contributed by atoms with van der Waals surface area (Å²) in [6.07, 6.45) is 6.57. The molecule has 1 rings (SSSR count). The van der Waals surface area contributed by atoms with E-state index in [4.69, 9.17) is 9.47 Å². The Morgan fingerprint density at radius 3 is 1.67 bits per heavy atom. The lowest BCUT2D eigenvalue weighted by molar-refractivity contribution is -0.161. The van der Waals surface area contributed by atoms with Crippen LogP contribution in [0.5, 0.6) is 0 Å². The van der Waals surface area contributed by atoms with Gasteiger partial charge in [-0.1, -0.05) is 26.0 Å². The van der Waals surface area contributed by atoms with Crippen molar-refractivity contribution >= 4 is 11.9 Å². The Kier molecular flexibility index (Phi) is 6.47. The second kappa shape index (κ2) is 7.90. The summed E-state index contributed by atoms with van der Waals surface area (Å²) in [5.74, 6) is -1.32. The molecular weight excluding hydrogens is 232 g/mol. The number of esters is 2. The lowest BCUT2D eigenvalue weighted by Crippen LogP contribution is -2.33. The molecule has 1 aliphatic rings. The highest BCUT2D eigenvalue weighted by Crippen LogP contribution is 2.28. The van der Waals surface area contributed by atoms with Crippen LogP contribution >= 0.6 is 0 Å². The van der Waals surface area contributed by atoms with E-state index in [-0.39, 0.29) is 23.8 Å². The predicted molar refractivity (Wildman–Crippen MR) is 67.9 cm³/mol. The van der Waals surface area contributed by atoms with Crippen LogP contribution in [0.15, 0.2) is 12.2 Å². The molecule has 0 bridgehead atoms. The summed E-state index contributed by atoms with van der Waals surface area (Å²) in [4.78, 5) is 23.8. The van der Waals surface area contributed by atoms with Crippen molar-refractivity contribution < 1.29 is 19.1 Å². The highest BCUT2D eigenvalue weighted by molar-refractivity contribution is 5.82. The second-order valence-electron chi connectivity index (χ2n) is 4.49. The van der Waals surface area contributed by atoms with Gasteiger partial charge in [-0.2, -0.15) is 0 Å². The largest absolute Gasteiger partial charge is 0.465 e. The van der Waals surface area contributed by atoms with Gasteiger partial charge in [-0.15, -0.1) is 0 Å². The lowest BCUT2D eigenvalue weighted by atomic mass is 9.83. The zero-order valence-corrected chi connectivity index (χ0v) is 11.2. The molecule has 0 radical (unpaired) electrons. The Balaban J connectivity index is 2.59.